The Morgan fingerprint density at radius 1 is 1.16 bits per heavy atom. The van der Waals surface area contributed by atoms with Crippen molar-refractivity contribution in [2.24, 2.45) is 5.92 Å². The van der Waals surface area contributed by atoms with Crippen molar-refractivity contribution in [1.82, 2.24) is 15.0 Å². The van der Waals surface area contributed by atoms with Crippen LogP contribution in [0.2, 0.25) is 0 Å². The summed E-state index contributed by atoms with van der Waals surface area (Å²) in [4.78, 5) is 12.8. The van der Waals surface area contributed by atoms with Gasteiger partial charge >= 0.3 is 0 Å². The molecule has 0 amide bonds. The summed E-state index contributed by atoms with van der Waals surface area (Å²) in [6, 6.07) is 6.52. The molecule has 0 saturated heterocycles. The minimum atomic E-state index is -2.12. The number of hydrogen-bond acceptors (Lipinski definition) is 6. The second kappa shape index (κ2) is 13.3. The van der Waals surface area contributed by atoms with Crippen LogP contribution in [0.15, 0.2) is 30.5 Å². The molecule has 0 aliphatic carbocycles. The Hall–Kier alpha value is -2.14. The number of ether oxygens (including phenoxy) is 2. The molecule has 10 heteroatoms. The van der Waals surface area contributed by atoms with Gasteiger partial charge in [-0.05, 0) is 30.9 Å². The van der Waals surface area contributed by atoms with E-state index in [1.54, 1.807) is 35.1 Å². The van der Waals surface area contributed by atoms with Crippen molar-refractivity contribution in [3.63, 3.8) is 0 Å². The van der Waals surface area contributed by atoms with Crippen molar-refractivity contribution in [1.29, 1.82) is 0 Å². The standard InChI is InChI=1S/C21H32N4O5S/c1-4-11-29-13-14-30-12-5-6-20(26)21(16(2)3)25-15-19(22-24-25)17-7-9-18(10-8-17)23-31(27)28/h7-10,15-16,21,23H,4-6,11-14H2,1-3H3,(H,27,28)/t21-/m0/s1. The molecular weight excluding hydrogens is 420 g/mol. The second-order valence-electron chi connectivity index (χ2n) is 7.50. The van der Waals surface area contributed by atoms with Crippen LogP contribution < -0.4 is 4.72 Å². The number of anilines is 1. The van der Waals surface area contributed by atoms with Crippen LogP contribution >= 0.6 is 0 Å². The molecule has 172 valence electrons. The number of carbonyl (C=O) groups excluding carboxylic acids is 1. The van der Waals surface area contributed by atoms with Gasteiger partial charge in [-0.15, -0.1) is 5.10 Å². The van der Waals surface area contributed by atoms with Gasteiger partial charge in [0, 0.05) is 30.9 Å². The number of carbonyl (C=O) groups is 1. The highest BCUT2D eigenvalue weighted by molar-refractivity contribution is 7.80. The van der Waals surface area contributed by atoms with E-state index in [0.717, 1.165) is 18.6 Å². The highest BCUT2D eigenvalue weighted by atomic mass is 32.2. The molecule has 9 nitrogen and oxygen atoms in total. The van der Waals surface area contributed by atoms with Crippen LogP contribution in [-0.2, 0) is 25.5 Å². The SMILES string of the molecule is CCCOCCOCCCC(=O)[C@H](C(C)C)n1cc(-c2ccc(NS(=O)O)cc2)nn1. The minimum absolute atomic E-state index is 0.0662. The molecule has 0 aliphatic heterocycles. The molecule has 2 atom stereocenters. The third-order valence-electron chi connectivity index (χ3n) is 4.57. The van der Waals surface area contributed by atoms with Crippen molar-refractivity contribution in [2.75, 3.05) is 31.1 Å². The van der Waals surface area contributed by atoms with Crippen LogP contribution in [0.25, 0.3) is 11.3 Å². The van der Waals surface area contributed by atoms with E-state index in [1.165, 1.54) is 0 Å². The van der Waals surface area contributed by atoms with E-state index >= 15 is 0 Å². The van der Waals surface area contributed by atoms with Crippen LogP contribution in [0.4, 0.5) is 5.69 Å². The van der Waals surface area contributed by atoms with Gasteiger partial charge < -0.3 is 9.47 Å². The Morgan fingerprint density at radius 2 is 1.84 bits per heavy atom. The Balaban J connectivity index is 1.91. The fourth-order valence-electron chi connectivity index (χ4n) is 3.14. The summed E-state index contributed by atoms with van der Waals surface area (Å²) in [6.45, 7) is 8.41. The average molecular weight is 453 g/mol. The number of ketones is 1. The van der Waals surface area contributed by atoms with Gasteiger partial charge in [-0.25, -0.2) is 8.89 Å². The first kappa shape index (κ1) is 25.1. The van der Waals surface area contributed by atoms with Gasteiger partial charge in [0.2, 0.25) is 0 Å². The zero-order valence-electron chi connectivity index (χ0n) is 18.3. The topological polar surface area (TPSA) is 116 Å². The molecule has 2 rings (SSSR count). The monoisotopic (exact) mass is 452 g/mol. The fourth-order valence-corrected chi connectivity index (χ4v) is 3.48. The van der Waals surface area contributed by atoms with Crippen molar-refractivity contribution in [3.8, 4) is 11.3 Å². The maximum Gasteiger partial charge on any atom is 0.259 e. The maximum absolute atomic E-state index is 12.8. The van der Waals surface area contributed by atoms with E-state index in [2.05, 4.69) is 22.0 Å². The van der Waals surface area contributed by atoms with Crippen LogP contribution in [-0.4, -0.2) is 56.0 Å². The lowest BCUT2D eigenvalue weighted by Gasteiger charge is -2.19. The normalized spacial score (nSPS) is 13.3. The lowest BCUT2D eigenvalue weighted by Crippen LogP contribution is -2.25. The number of benzene rings is 1. The van der Waals surface area contributed by atoms with Crippen molar-refractivity contribution in [3.05, 3.63) is 30.5 Å². The van der Waals surface area contributed by atoms with Gasteiger partial charge in [-0.2, -0.15) is 0 Å². The third kappa shape index (κ3) is 8.48. The summed E-state index contributed by atoms with van der Waals surface area (Å²) < 4.78 is 34.6. The van der Waals surface area contributed by atoms with Gasteiger partial charge in [-0.3, -0.25) is 14.1 Å². The summed E-state index contributed by atoms with van der Waals surface area (Å²) in [7, 11) is 0. The molecule has 1 aromatic carbocycles. The predicted octanol–water partition coefficient (Wildman–Crippen LogP) is 3.48. The highest BCUT2D eigenvalue weighted by Gasteiger charge is 2.25. The molecule has 0 bridgehead atoms. The average Bonchev–Trinajstić information content (AvgIpc) is 3.19. The third-order valence-corrected chi connectivity index (χ3v) is 4.99. The molecule has 1 heterocycles. The van der Waals surface area contributed by atoms with Crippen LogP contribution in [0.5, 0.6) is 0 Å². The number of aromatic nitrogens is 3. The molecular formula is C21H32N4O5S. The molecule has 0 radical (unpaired) electrons. The van der Waals surface area contributed by atoms with Crippen LogP contribution in [0, 0.1) is 5.92 Å². The molecule has 0 fully saturated rings. The van der Waals surface area contributed by atoms with Gasteiger partial charge in [0.15, 0.2) is 5.78 Å². The van der Waals surface area contributed by atoms with E-state index in [1.807, 2.05) is 13.8 Å². The summed E-state index contributed by atoms with van der Waals surface area (Å²) in [5.41, 5.74) is 1.95. The first-order valence-electron chi connectivity index (χ1n) is 10.5. The lowest BCUT2D eigenvalue weighted by atomic mass is 9.97. The molecule has 2 N–H and O–H groups in total. The zero-order chi connectivity index (χ0) is 22.6. The number of Topliss-reactive ketones (excluding diaryl/α,β-unsaturated/α-hetero) is 1. The number of nitrogens with zero attached hydrogens (tertiary/aromatic N) is 3. The Kier molecular flexibility index (Phi) is 10.8. The second-order valence-corrected chi connectivity index (χ2v) is 8.20. The highest BCUT2D eigenvalue weighted by Crippen LogP contribution is 2.24. The zero-order valence-corrected chi connectivity index (χ0v) is 19.1. The van der Waals surface area contributed by atoms with Crippen LogP contribution in [0.3, 0.4) is 0 Å². The van der Waals surface area contributed by atoms with E-state index < -0.39 is 17.3 Å². The Morgan fingerprint density at radius 3 is 2.45 bits per heavy atom. The largest absolute Gasteiger partial charge is 0.379 e. The Labute approximate surface area is 185 Å². The molecule has 0 aliphatic rings. The summed E-state index contributed by atoms with van der Waals surface area (Å²) >= 11 is -2.12. The molecule has 1 unspecified atom stereocenters. The minimum Gasteiger partial charge on any atom is -0.379 e. The number of hydrogen-bond donors (Lipinski definition) is 2. The van der Waals surface area contributed by atoms with Gasteiger partial charge in [0.25, 0.3) is 11.3 Å². The number of rotatable bonds is 15. The van der Waals surface area contributed by atoms with Crippen molar-refractivity contribution >= 4 is 22.7 Å². The van der Waals surface area contributed by atoms with Crippen molar-refractivity contribution < 1.29 is 23.0 Å². The molecule has 0 spiro atoms. The van der Waals surface area contributed by atoms with Crippen molar-refractivity contribution in [2.45, 2.75) is 46.1 Å². The van der Waals surface area contributed by atoms with E-state index in [-0.39, 0.29) is 11.7 Å². The van der Waals surface area contributed by atoms with Gasteiger partial charge in [0.1, 0.15) is 11.7 Å². The molecule has 1 aromatic heterocycles. The van der Waals surface area contributed by atoms with E-state index in [9.17, 15) is 9.00 Å². The fraction of sp³-hybridized carbons (Fsp3) is 0.571. The summed E-state index contributed by atoms with van der Waals surface area (Å²) in [5, 5.41) is 8.39. The smallest absolute Gasteiger partial charge is 0.259 e. The Bertz CT molecular complexity index is 825. The molecule has 31 heavy (non-hydrogen) atoms. The lowest BCUT2D eigenvalue weighted by molar-refractivity contribution is -0.124. The number of nitrogens with one attached hydrogen (secondary N) is 1. The summed E-state index contributed by atoms with van der Waals surface area (Å²) in [5.74, 6) is 0.166. The van der Waals surface area contributed by atoms with Gasteiger partial charge in [0.05, 0.1) is 19.4 Å². The molecule has 2 aromatic rings. The quantitative estimate of drug-likeness (QED) is 0.314. The maximum atomic E-state index is 12.8. The summed E-state index contributed by atoms with van der Waals surface area (Å²) in [6.07, 6.45) is 3.81. The van der Waals surface area contributed by atoms with E-state index in [0.29, 0.717) is 44.0 Å². The van der Waals surface area contributed by atoms with Crippen LogP contribution in [0.1, 0.15) is 46.1 Å². The molecule has 0 saturated carbocycles. The van der Waals surface area contributed by atoms with Gasteiger partial charge in [-0.1, -0.05) is 38.1 Å². The first-order chi connectivity index (χ1) is 14.9. The first-order valence-corrected chi connectivity index (χ1v) is 11.6. The predicted molar refractivity (Wildman–Crippen MR) is 120 cm³/mol. The van der Waals surface area contributed by atoms with E-state index in [4.69, 9.17) is 14.0 Å².